The van der Waals surface area contributed by atoms with Crippen molar-refractivity contribution < 1.29 is 9.53 Å². The van der Waals surface area contributed by atoms with Crippen molar-refractivity contribution in [2.24, 2.45) is 0 Å². The molecule has 1 N–H and O–H groups in total. The van der Waals surface area contributed by atoms with Crippen LogP contribution in [-0.2, 0) is 4.74 Å². The molecule has 0 bridgehead atoms. The van der Waals surface area contributed by atoms with E-state index in [0.29, 0.717) is 6.54 Å². The van der Waals surface area contributed by atoms with Gasteiger partial charge in [0.05, 0.1) is 13.2 Å². The summed E-state index contributed by atoms with van der Waals surface area (Å²) in [7, 11) is 0. The number of hydrogen-bond donors (Lipinski definition) is 1. The molecule has 1 heterocycles. The third-order valence-electron chi connectivity index (χ3n) is 2.02. The predicted octanol–water partition coefficient (Wildman–Crippen LogP) is 0.657. The number of rotatable bonds is 4. The molecule has 0 aromatic rings. The molecular formula is C8H15ClN2O2. The van der Waals surface area contributed by atoms with Gasteiger partial charge in [-0.2, -0.15) is 0 Å². The molecule has 0 unspecified atom stereocenters. The minimum Gasteiger partial charge on any atom is -0.379 e. The molecule has 5 heteroatoms. The Kier molecular flexibility index (Phi) is 5.12. The van der Waals surface area contributed by atoms with E-state index in [4.69, 9.17) is 16.3 Å². The van der Waals surface area contributed by atoms with Crippen molar-refractivity contribution >= 4 is 17.0 Å². The molecule has 1 fully saturated rings. The summed E-state index contributed by atoms with van der Waals surface area (Å²) in [5.41, 5.74) is 0. The van der Waals surface area contributed by atoms with Crippen molar-refractivity contribution in [1.29, 1.82) is 0 Å². The van der Waals surface area contributed by atoms with Crippen molar-refractivity contribution in [3.8, 4) is 0 Å². The molecule has 0 aromatic carbocycles. The molecule has 1 amide bonds. The van der Waals surface area contributed by atoms with E-state index in [2.05, 4.69) is 10.2 Å². The van der Waals surface area contributed by atoms with Gasteiger partial charge >= 0.3 is 5.37 Å². The Labute approximate surface area is 83.2 Å². The summed E-state index contributed by atoms with van der Waals surface area (Å²) in [5, 5.41) is 2.08. The predicted molar refractivity (Wildman–Crippen MR) is 51.1 cm³/mol. The summed E-state index contributed by atoms with van der Waals surface area (Å²) < 4.78 is 5.21. The van der Waals surface area contributed by atoms with Gasteiger partial charge in [0, 0.05) is 19.6 Å². The Bertz CT molecular complexity index is 160. The van der Waals surface area contributed by atoms with Gasteiger partial charge in [0.2, 0.25) is 0 Å². The summed E-state index contributed by atoms with van der Waals surface area (Å²) in [6.07, 6.45) is 0.943. The number of ether oxygens (including phenoxy) is 1. The van der Waals surface area contributed by atoms with Gasteiger partial charge in [-0.25, -0.2) is 0 Å². The maximum Gasteiger partial charge on any atom is 0.313 e. The molecule has 0 aromatic heterocycles. The Balaban J connectivity index is 1.95. The van der Waals surface area contributed by atoms with Crippen LogP contribution in [0.5, 0.6) is 0 Å². The average molecular weight is 207 g/mol. The Morgan fingerprint density at radius 2 is 2.15 bits per heavy atom. The van der Waals surface area contributed by atoms with Gasteiger partial charge in [-0.15, -0.1) is 0 Å². The largest absolute Gasteiger partial charge is 0.379 e. The molecular weight excluding hydrogens is 192 g/mol. The quantitative estimate of drug-likeness (QED) is 0.418. The van der Waals surface area contributed by atoms with E-state index in [1.807, 2.05) is 0 Å². The lowest BCUT2D eigenvalue weighted by Crippen LogP contribution is -2.37. The van der Waals surface area contributed by atoms with E-state index in [1.54, 1.807) is 0 Å². The molecule has 1 saturated heterocycles. The zero-order chi connectivity index (χ0) is 9.52. The summed E-state index contributed by atoms with van der Waals surface area (Å²) in [4.78, 5) is 12.6. The van der Waals surface area contributed by atoms with Crippen LogP contribution in [0.4, 0.5) is 4.79 Å². The first kappa shape index (κ1) is 10.8. The van der Waals surface area contributed by atoms with E-state index in [9.17, 15) is 4.79 Å². The SMILES string of the molecule is O=C(Cl)NCCCN1CCOCC1. The molecule has 76 valence electrons. The van der Waals surface area contributed by atoms with Crippen molar-refractivity contribution in [2.45, 2.75) is 6.42 Å². The monoisotopic (exact) mass is 206 g/mol. The van der Waals surface area contributed by atoms with Crippen LogP contribution in [0.25, 0.3) is 0 Å². The highest BCUT2D eigenvalue weighted by atomic mass is 35.5. The van der Waals surface area contributed by atoms with Crippen LogP contribution in [0.15, 0.2) is 0 Å². The van der Waals surface area contributed by atoms with Gasteiger partial charge in [0.25, 0.3) is 0 Å². The first-order valence-electron chi connectivity index (χ1n) is 4.52. The second-order valence-corrected chi connectivity index (χ2v) is 3.35. The van der Waals surface area contributed by atoms with Crippen LogP contribution < -0.4 is 5.32 Å². The minimum atomic E-state index is -0.470. The lowest BCUT2D eigenvalue weighted by Gasteiger charge is -2.26. The van der Waals surface area contributed by atoms with E-state index < -0.39 is 5.37 Å². The molecule has 1 aliphatic heterocycles. The second kappa shape index (κ2) is 6.18. The van der Waals surface area contributed by atoms with Crippen LogP contribution in [0.3, 0.4) is 0 Å². The van der Waals surface area contributed by atoms with Crippen LogP contribution in [0.1, 0.15) is 6.42 Å². The molecule has 4 nitrogen and oxygen atoms in total. The number of hydrogen-bond acceptors (Lipinski definition) is 3. The van der Waals surface area contributed by atoms with Crippen molar-refractivity contribution in [2.75, 3.05) is 39.4 Å². The Hall–Kier alpha value is -0.320. The smallest absolute Gasteiger partial charge is 0.313 e. The molecule has 0 aliphatic carbocycles. The lowest BCUT2D eigenvalue weighted by molar-refractivity contribution is 0.0375. The van der Waals surface area contributed by atoms with E-state index >= 15 is 0 Å². The molecule has 0 saturated carbocycles. The van der Waals surface area contributed by atoms with Gasteiger partial charge in [0.15, 0.2) is 0 Å². The number of halogens is 1. The molecule has 1 aliphatic rings. The fraction of sp³-hybridized carbons (Fsp3) is 0.875. The summed E-state index contributed by atoms with van der Waals surface area (Å²) in [6, 6.07) is 0. The van der Waals surface area contributed by atoms with Crippen LogP contribution in [-0.4, -0.2) is 49.7 Å². The molecule has 0 radical (unpaired) electrons. The van der Waals surface area contributed by atoms with Gasteiger partial charge in [-0.3, -0.25) is 9.69 Å². The molecule has 1 rings (SSSR count). The second-order valence-electron chi connectivity index (χ2n) is 3.01. The van der Waals surface area contributed by atoms with Crippen LogP contribution in [0, 0.1) is 0 Å². The summed E-state index contributed by atoms with van der Waals surface area (Å²) >= 11 is 5.12. The topological polar surface area (TPSA) is 41.6 Å². The van der Waals surface area contributed by atoms with Crippen LogP contribution in [0.2, 0.25) is 0 Å². The normalized spacial score (nSPS) is 18.5. The van der Waals surface area contributed by atoms with Crippen LogP contribution >= 0.6 is 11.6 Å². The zero-order valence-electron chi connectivity index (χ0n) is 7.59. The summed E-state index contributed by atoms with van der Waals surface area (Å²) in [6.45, 7) is 5.29. The maximum absolute atomic E-state index is 10.3. The van der Waals surface area contributed by atoms with Crippen molar-refractivity contribution in [1.82, 2.24) is 10.2 Å². The van der Waals surface area contributed by atoms with Gasteiger partial charge in [-0.05, 0) is 24.6 Å². The Morgan fingerprint density at radius 1 is 1.46 bits per heavy atom. The molecule has 0 atom stereocenters. The van der Waals surface area contributed by atoms with E-state index in [0.717, 1.165) is 39.3 Å². The fourth-order valence-electron chi connectivity index (χ4n) is 1.31. The highest BCUT2D eigenvalue weighted by Crippen LogP contribution is 1.97. The number of nitrogens with one attached hydrogen (secondary N) is 1. The van der Waals surface area contributed by atoms with Gasteiger partial charge in [-0.1, -0.05) is 0 Å². The van der Waals surface area contributed by atoms with E-state index in [-0.39, 0.29) is 0 Å². The average Bonchev–Trinajstić information content (AvgIpc) is 2.14. The molecule has 13 heavy (non-hydrogen) atoms. The number of morpholine rings is 1. The highest BCUT2D eigenvalue weighted by molar-refractivity contribution is 6.62. The number of carbonyl (C=O) groups excluding carboxylic acids is 1. The minimum absolute atomic E-state index is 0.470. The number of carbonyl (C=O) groups is 1. The maximum atomic E-state index is 10.3. The highest BCUT2D eigenvalue weighted by Gasteiger charge is 2.08. The number of amides is 1. The third kappa shape index (κ3) is 5.08. The first-order chi connectivity index (χ1) is 6.29. The Morgan fingerprint density at radius 3 is 2.77 bits per heavy atom. The molecule has 0 spiro atoms. The fourth-order valence-corrected chi connectivity index (χ4v) is 1.41. The van der Waals surface area contributed by atoms with E-state index in [1.165, 1.54) is 0 Å². The van der Waals surface area contributed by atoms with Gasteiger partial charge < -0.3 is 10.1 Å². The van der Waals surface area contributed by atoms with Gasteiger partial charge in [0.1, 0.15) is 0 Å². The first-order valence-corrected chi connectivity index (χ1v) is 4.90. The standard InChI is InChI=1S/C8H15ClN2O2/c9-8(12)10-2-1-3-11-4-6-13-7-5-11/h1-7H2,(H,10,12). The zero-order valence-corrected chi connectivity index (χ0v) is 8.35. The summed E-state index contributed by atoms with van der Waals surface area (Å²) in [5.74, 6) is 0. The van der Waals surface area contributed by atoms with Crippen molar-refractivity contribution in [3.05, 3.63) is 0 Å². The van der Waals surface area contributed by atoms with Crippen molar-refractivity contribution in [3.63, 3.8) is 0 Å². The third-order valence-corrected chi connectivity index (χ3v) is 2.15. The lowest BCUT2D eigenvalue weighted by atomic mass is 10.3. The number of nitrogens with zero attached hydrogens (tertiary/aromatic N) is 1.